The maximum absolute atomic E-state index is 13.6. The molecule has 6 nitrogen and oxygen atoms in total. The van der Waals surface area contributed by atoms with Crippen LogP contribution < -0.4 is 4.90 Å². The van der Waals surface area contributed by atoms with E-state index in [4.69, 9.17) is 39.2 Å². The first-order chi connectivity index (χ1) is 16.2. The topological polar surface area (TPSA) is 91.0 Å². The summed E-state index contributed by atoms with van der Waals surface area (Å²) in [5.41, 5.74) is 0.994. The molecule has 0 saturated carbocycles. The number of nitrogens with zero attached hydrogens (tertiary/aromatic N) is 1. The molecule has 4 aromatic rings. The van der Waals surface area contributed by atoms with Crippen LogP contribution in [0.25, 0.3) is 11.0 Å². The second kappa shape index (κ2) is 8.40. The molecule has 0 saturated heterocycles. The Labute approximate surface area is 208 Å². The zero-order valence-corrected chi connectivity index (χ0v) is 19.4. The van der Waals surface area contributed by atoms with Crippen molar-refractivity contribution in [3.8, 4) is 5.75 Å². The number of anilines is 1. The number of halogens is 3. The third-order valence-electron chi connectivity index (χ3n) is 5.49. The molecule has 170 valence electrons. The number of aromatic hydroxyl groups is 1. The molecule has 0 bridgehead atoms. The summed E-state index contributed by atoms with van der Waals surface area (Å²) < 4.78 is 5.70. The van der Waals surface area contributed by atoms with Crippen molar-refractivity contribution in [3.05, 3.63) is 104 Å². The molecule has 5 rings (SSSR count). The van der Waals surface area contributed by atoms with Crippen LogP contribution >= 0.6 is 34.8 Å². The molecule has 0 radical (unpaired) electrons. The van der Waals surface area contributed by atoms with Crippen LogP contribution in [0.4, 0.5) is 5.69 Å². The number of Topliss-reactive ketones (excluding diaryl/α,β-unsaturated/α-hetero) is 1. The first kappa shape index (κ1) is 22.3. The molecule has 2 heterocycles. The van der Waals surface area contributed by atoms with Crippen molar-refractivity contribution in [3.63, 3.8) is 0 Å². The number of aliphatic hydroxyl groups excluding tert-OH is 1. The number of aliphatic hydroxyl groups is 1. The van der Waals surface area contributed by atoms with Crippen LogP contribution in [0.1, 0.15) is 22.2 Å². The summed E-state index contributed by atoms with van der Waals surface area (Å²) in [6.45, 7) is 0. The second-order valence-electron chi connectivity index (χ2n) is 7.68. The lowest BCUT2D eigenvalue weighted by Gasteiger charge is -2.27. The maximum Gasteiger partial charge on any atom is 0.294 e. The van der Waals surface area contributed by atoms with E-state index in [1.165, 1.54) is 41.3 Å². The number of hydrogen-bond acceptors (Lipinski definition) is 5. The highest BCUT2D eigenvalue weighted by molar-refractivity contribution is 6.35. The Hall–Kier alpha value is -3.45. The number of phenols is 1. The van der Waals surface area contributed by atoms with Crippen LogP contribution in [0.3, 0.4) is 0 Å². The standard InChI is InChI=1S/C25H14Cl3NO5/c26-14-3-6-19-13(7-14)8-20(34-19)23(31)21-22(12-1-4-18(30)5-2-12)29(25(33)24(21)32)17-10-15(27)9-16(28)11-17/h1-11,22,30,32H. The van der Waals surface area contributed by atoms with E-state index in [-0.39, 0.29) is 32.8 Å². The fourth-order valence-corrected chi connectivity index (χ4v) is 4.71. The van der Waals surface area contributed by atoms with Crippen LogP contribution in [-0.4, -0.2) is 21.9 Å². The fraction of sp³-hybridized carbons (Fsp3) is 0.0400. The minimum Gasteiger partial charge on any atom is -0.508 e. The molecule has 2 N–H and O–H groups in total. The molecule has 0 spiro atoms. The van der Waals surface area contributed by atoms with Gasteiger partial charge in [-0.2, -0.15) is 0 Å². The number of carbonyl (C=O) groups excluding carboxylic acids is 2. The number of fused-ring (bicyclic) bond motifs is 1. The van der Waals surface area contributed by atoms with Crippen LogP contribution in [0.2, 0.25) is 15.1 Å². The van der Waals surface area contributed by atoms with Gasteiger partial charge in [0.1, 0.15) is 11.3 Å². The molecule has 1 atom stereocenters. The van der Waals surface area contributed by atoms with Crippen molar-refractivity contribution >= 4 is 63.1 Å². The lowest BCUT2D eigenvalue weighted by Crippen LogP contribution is -2.31. The van der Waals surface area contributed by atoms with Crippen molar-refractivity contribution in [1.82, 2.24) is 0 Å². The minimum atomic E-state index is -1.04. The van der Waals surface area contributed by atoms with Crippen LogP contribution in [0.5, 0.6) is 5.75 Å². The van der Waals surface area contributed by atoms with Crippen molar-refractivity contribution in [2.75, 3.05) is 4.90 Å². The molecular weight excluding hydrogens is 501 g/mol. The molecule has 0 aliphatic carbocycles. The van der Waals surface area contributed by atoms with Crippen LogP contribution in [0.15, 0.2) is 82.5 Å². The van der Waals surface area contributed by atoms with Gasteiger partial charge >= 0.3 is 0 Å². The Kier molecular flexibility index (Phi) is 5.52. The average molecular weight is 515 g/mol. The summed E-state index contributed by atoms with van der Waals surface area (Å²) >= 11 is 18.3. The smallest absolute Gasteiger partial charge is 0.294 e. The lowest BCUT2D eigenvalue weighted by atomic mass is 9.94. The van der Waals surface area contributed by atoms with Gasteiger partial charge in [0.2, 0.25) is 5.78 Å². The summed E-state index contributed by atoms with van der Waals surface area (Å²) in [5, 5.41) is 22.2. The van der Waals surface area contributed by atoms with Gasteiger partial charge in [-0.25, -0.2) is 0 Å². The summed E-state index contributed by atoms with van der Waals surface area (Å²) in [7, 11) is 0. The van der Waals surface area contributed by atoms with Gasteiger partial charge in [0.05, 0.1) is 11.6 Å². The first-order valence-electron chi connectivity index (χ1n) is 9.98. The van der Waals surface area contributed by atoms with Gasteiger partial charge in [-0.15, -0.1) is 0 Å². The van der Waals surface area contributed by atoms with Gasteiger partial charge in [-0.1, -0.05) is 46.9 Å². The Morgan fingerprint density at radius 2 is 1.53 bits per heavy atom. The van der Waals surface area contributed by atoms with E-state index in [0.717, 1.165) is 0 Å². The Bertz CT molecular complexity index is 1490. The highest BCUT2D eigenvalue weighted by Crippen LogP contribution is 2.43. The number of phenolic OH excluding ortho intramolecular Hbond substituents is 1. The Morgan fingerprint density at radius 1 is 0.853 bits per heavy atom. The third-order valence-corrected chi connectivity index (χ3v) is 6.16. The molecule has 9 heteroatoms. The van der Waals surface area contributed by atoms with Crippen LogP contribution in [-0.2, 0) is 4.79 Å². The summed E-state index contributed by atoms with van der Waals surface area (Å²) in [4.78, 5) is 28.0. The number of furan rings is 1. The zero-order chi connectivity index (χ0) is 24.1. The highest BCUT2D eigenvalue weighted by atomic mass is 35.5. The van der Waals surface area contributed by atoms with E-state index >= 15 is 0 Å². The van der Waals surface area contributed by atoms with E-state index in [9.17, 15) is 19.8 Å². The van der Waals surface area contributed by atoms with Gasteiger partial charge in [0.25, 0.3) is 5.91 Å². The van der Waals surface area contributed by atoms with E-state index < -0.39 is 23.5 Å². The molecule has 1 aliphatic rings. The van der Waals surface area contributed by atoms with Gasteiger partial charge < -0.3 is 14.6 Å². The number of amides is 1. The molecule has 1 amide bonds. The largest absolute Gasteiger partial charge is 0.508 e. The van der Waals surface area contributed by atoms with Gasteiger partial charge in [0.15, 0.2) is 11.5 Å². The predicted molar refractivity (Wildman–Crippen MR) is 130 cm³/mol. The van der Waals surface area contributed by atoms with Crippen molar-refractivity contribution in [1.29, 1.82) is 0 Å². The Morgan fingerprint density at radius 3 is 2.21 bits per heavy atom. The van der Waals surface area contributed by atoms with Gasteiger partial charge in [-0.05, 0) is 60.2 Å². The number of hydrogen-bond donors (Lipinski definition) is 2. The van der Waals surface area contributed by atoms with E-state index in [1.807, 2.05) is 0 Å². The van der Waals surface area contributed by atoms with Crippen molar-refractivity contribution < 1.29 is 24.2 Å². The second-order valence-corrected chi connectivity index (χ2v) is 8.99. The van der Waals surface area contributed by atoms with Crippen molar-refractivity contribution in [2.45, 2.75) is 6.04 Å². The van der Waals surface area contributed by atoms with Crippen LogP contribution in [0, 0.1) is 0 Å². The SMILES string of the molecule is O=C(C1=C(O)C(=O)N(c2cc(Cl)cc(Cl)c2)C1c1ccc(O)cc1)c1cc2cc(Cl)ccc2o1. The summed E-state index contributed by atoms with van der Waals surface area (Å²) in [5.74, 6) is -2.27. The highest BCUT2D eigenvalue weighted by Gasteiger charge is 2.45. The molecule has 0 fully saturated rings. The lowest BCUT2D eigenvalue weighted by molar-refractivity contribution is -0.117. The fourth-order valence-electron chi connectivity index (χ4n) is 4.01. The molecule has 34 heavy (non-hydrogen) atoms. The normalized spacial score (nSPS) is 16.0. The van der Waals surface area contributed by atoms with E-state index in [2.05, 4.69) is 0 Å². The van der Waals surface area contributed by atoms with E-state index in [0.29, 0.717) is 21.6 Å². The number of carbonyl (C=O) groups is 2. The average Bonchev–Trinajstić information content (AvgIpc) is 3.32. The summed E-state index contributed by atoms with van der Waals surface area (Å²) in [6, 6.07) is 15.8. The predicted octanol–water partition coefficient (Wildman–Crippen LogP) is 6.88. The monoisotopic (exact) mass is 513 g/mol. The minimum absolute atomic E-state index is 0.000615. The summed E-state index contributed by atoms with van der Waals surface area (Å²) in [6.07, 6.45) is 0. The molecule has 1 aromatic heterocycles. The number of ketones is 1. The quantitative estimate of drug-likeness (QED) is 0.290. The molecular formula is C25H14Cl3NO5. The molecule has 1 unspecified atom stereocenters. The molecule has 3 aromatic carbocycles. The maximum atomic E-state index is 13.6. The number of benzene rings is 3. The first-order valence-corrected chi connectivity index (χ1v) is 11.1. The third kappa shape index (κ3) is 3.80. The zero-order valence-electron chi connectivity index (χ0n) is 17.1. The number of rotatable bonds is 4. The Balaban J connectivity index is 1.67. The van der Waals surface area contributed by atoms with E-state index in [1.54, 1.807) is 30.3 Å². The van der Waals surface area contributed by atoms with Gasteiger partial charge in [-0.3, -0.25) is 14.5 Å². The molecule has 1 aliphatic heterocycles. The van der Waals surface area contributed by atoms with Gasteiger partial charge in [0, 0.05) is 26.1 Å². The van der Waals surface area contributed by atoms with Crippen molar-refractivity contribution in [2.24, 2.45) is 0 Å².